The number of aromatic nitrogens is 1. The second-order valence-electron chi connectivity index (χ2n) is 5.69. The highest BCUT2D eigenvalue weighted by Gasteiger charge is 2.06. The fourth-order valence-corrected chi connectivity index (χ4v) is 1.77. The summed E-state index contributed by atoms with van der Waals surface area (Å²) in [6.07, 6.45) is 0.238. The molecule has 0 saturated carbocycles. The van der Waals surface area contributed by atoms with E-state index in [1.807, 2.05) is 32.9 Å². The Morgan fingerprint density at radius 3 is 2.55 bits per heavy atom. The lowest BCUT2D eigenvalue weighted by Gasteiger charge is -2.14. The standard InChI is InChI=1S/C16H28N2O2/c1-12(2)10-17-11-15-16(7-6-14(5)18-15)20-9-8-19-13(3)4/h6-7,12-13,17H,8-11H2,1-5H3. The Morgan fingerprint density at radius 1 is 1.15 bits per heavy atom. The van der Waals surface area contributed by atoms with Gasteiger partial charge in [0.05, 0.1) is 18.4 Å². The van der Waals surface area contributed by atoms with Crippen molar-refractivity contribution in [1.82, 2.24) is 10.3 Å². The van der Waals surface area contributed by atoms with Gasteiger partial charge in [-0.3, -0.25) is 4.98 Å². The van der Waals surface area contributed by atoms with Gasteiger partial charge in [0.1, 0.15) is 12.4 Å². The number of ether oxygens (including phenoxy) is 2. The van der Waals surface area contributed by atoms with Gasteiger partial charge in [-0.25, -0.2) is 0 Å². The molecule has 0 aliphatic heterocycles. The molecule has 0 atom stereocenters. The molecule has 0 amide bonds. The van der Waals surface area contributed by atoms with Crippen LogP contribution in [0.2, 0.25) is 0 Å². The normalized spacial score (nSPS) is 11.3. The number of hydrogen-bond acceptors (Lipinski definition) is 4. The first-order chi connectivity index (χ1) is 9.49. The molecule has 4 heteroatoms. The Labute approximate surface area is 122 Å². The molecule has 114 valence electrons. The van der Waals surface area contributed by atoms with E-state index in [4.69, 9.17) is 9.47 Å². The molecule has 1 aromatic heterocycles. The van der Waals surface area contributed by atoms with Crippen molar-refractivity contribution in [2.24, 2.45) is 5.92 Å². The molecule has 0 unspecified atom stereocenters. The Morgan fingerprint density at radius 2 is 1.90 bits per heavy atom. The smallest absolute Gasteiger partial charge is 0.142 e. The summed E-state index contributed by atoms with van der Waals surface area (Å²) >= 11 is 0. The maximum atomic E-state index is 5.77. The summed E-state index contributed by atoms with van der Waals surface area (Å²) in [6, 6.07) is 3.97. The van der Waals surface area contributed by atoms with E-state index < -0.39 is 0 Å². The first-order valence-corrected chi connectivity index (χ1v) is 7.40. The highest BCUT2D eigenvalue weighted by Crippen LogP contribution is 2.17. The van der Waals surface area contributed by atoms with Gasteiger partial charge >= 0.3 is 0 Å². The number of rotatable bonds is 9. The second kappa shape index (κ2) is 8.93. The zero-order valence-corrected chi connectivity index (χ0v) is 13.4. The molecular weight excluding hydrogens is 252 g/mol. The molecule has 0 aromatic carbocycles. The maximum Gasteiger partial charge on any atom is 0.142 e. The number of nitrogens with one attached hydrogen (secondary N) is 1. The van der Waals surface area contributed by atoms with Crippen LogP contribution in [0.3, 0.4) is 0 Å². The van der Waals surface area contributed by atoms with Crippen molar-refractivity contribution in [1.29, 1.82) is 0 Å². The lowest BCUT2D eigenvalue weighted by molar-refractivity contribution is 0.0549. The highest BCUT2D eigenvalue weighted by atomic mass is 16.5. The van der Waals surface area contributed by atoms with E-state index in [2.05, 4.69) is 24.1 Å². The molecule has 0 aliphatic carbocycles. The third-order valence-electron chi connectivity index (χ3n) is 2.71. The number of nitrogens with zero attached hydrogens (tertiary/aromatic N) is 1. The molecule has 4 nitrogen and oxygen atoms in total. The molecule has 0 fully saturated rings. The molecule has 1 heterocycles. The lowest BCUT2D eigenvalue weighted by Crippen LogP contribution is -2.21. The molecule has 0 spiro atoms. The minimum atomic E-state index is 0.238. The molecule has 0 radical (unpaired) electrons. The third-order valence-corrected chi connectivity index (χ3v) is 2.71. The van der Waals surface area contributed by atoms with E-state index in [1.54, 1.807) is 0 Å². The van der Waals surface area contributed by atoms with Gasteiger partial charge in [-0.05, 0) is 45.4 Å². The number of aryl methyl sites for hydroxylation is 1. The van der Waals surface area contributed by atoms with Crippen LogP contribution < -0.4 is 10.1 Å². The van der Waals surface area contributed by atoms with Gasteiger partial charge in [-0.1, -0.05) is 13.8 Å². The quantitative estimate of drug-likeness (QED) is 0.706. The van der Waals surface area contributed by atoms with Gasteiger partial charge in [0.2, 0.25) is 0 Å². The average molecular weight is 280 g/mol. The van der Waals surface area contributed by atoms with Crippen molar-refractivity contribution in [3.8, 4) is 5.75 Å². The summed E-state index contributed by atoms with van der Waals surface area (Å²) in [4.78, 5) is 4.56. The zero-order chi connectivity index (χ0) is 15.0. The summed E-state index contributed by atoms with van der Waals surface area (Å²) in [5.41, 5.74) is 1.98. The second-order valence-corrected chi connectivity index (χ2v) is 5.69. The van der Waals surface area contributed by atoms with E-state index in [9.17, 15) is 0 Å². The van der Waals surface area contributed by atoms with Gasteiger partial charge in [-0.15, -0.1) is 0 Å². The summed E-state index contributed by atoms with van der Waals surface area (Å²) in [6.45, 7) is 13.3. The fourth-order valence-electron chi connectivity index (χ4n) is 1.77. The Hall–Kier alpha value is -1.13. The topological polar surface area (TPSA) is 43.4 Å². The Bertz CT molecular complexity index is 392. The van der Waals surface area contributed by atoms with Crippen LogP contribution in [-0.4, -0.2) is 30.8 Å². The lowest BCUT2D eigenvalue weighted by atomic mass is 10.2. The highest BCUT2D eigenvalue weighted by molar-refractivity contribution is 5.29. The first-order valence-electron chi connectivity index (χ1n) is 7.40. The van der Waals surface area contributed by atoms with Gasteiger partial charge in [0, 0.05) is 12.2 Å². The largest absolute Gasteiger partial charge is 0.489 e. The van der Waals surface area contributed by atoms with E-state index in [-0.39, 0.29) is 6.10 Å². The predicted octanol–water partition coefficient (Wildman–Crippen LogP) is 2.94. The van der Waals surface area contributed by atoms with Gasteiger partial charge < -0.3 is 14.8 Å². The maximum absolute atomic E-state index is 5.77. The Balaban J connectivity index is 2.51. The Kier molecular flexibility index (Phi) is 7.55. The SMILES string of the molecule is Cc1ccc(OCCOC(C)C)c(CNCC(C)C)n1. The van der Waals surface area contributed by atoms with Crippen LogP contribution in [0.15, 0.2) is 12.1 Å². The van der Waals surface area contributed by atoms with Gasteiger partial charge in [0.15, 0.2) is 0 Å². The number of hydrogen-bond donors (Lipinski definition) is 1. The minimum Gasteiger partial charge on any atom is -0.489 e. The van der Waals surface area contributed by atoms with Crippen molar-refractivity contribution in [3.05, 3.63) is 23.5 Å². The minimum absolute atomic E-state index is 0.238. The number of pyridine rings is 1. The molecule has 0 bridgehead atoms. The van der Waals surface area contributed by atoms with E-state index >= 15 is 0 Å². The summed E-state index contributed by atoms with van der Waals surface area (Å²) < 4.78 is 11.3. The molecule has 0 saturated heterocycles. The molecular formula is C16H28N2O2. The van der Waals surface area contributed by atoms with Crippen molar-refractivity contribution in [2.45, 2.75) is 47.3 Å². The van der Waals surface area contributed by atoms with Crippen LogP contribution in [0.4, 0.5) is 0 Å². The van der Waals surface area contributed by atoms with Crippen molar-refractivity contribution < 1.29 is 9.47 Å². The first kappa shape index (κ1) is 16.9. The summed E-state index contributed by atoms with van der Waals surface area (Å²) in [7, 11) is 0. The van der Waals surface area contributed by atoms with Crippen LogP contribution in [0.5, 0.6) is 5.75 Å². The molecule has 1 rings (SSSR count). The average Bonchev–Trinajstić information content (AvgIpc) is 2.36. The molecule has 0 aliphatic rings. The van der Waals surface area contributed by atoms with Crippen LogP contribution in [0, 0.1) is 12.8 Å². The van der Waals surface area contributed by atoms with Crippen molar-refractivity contribution in [2.75, 3.05) is 19.8 Å². The summed E-state index contributed by atoms with van der Waals surface area (Å²) in [5.74, 6) is 1.47. The van der Waals surface area contributed by atoms with Gasteiger partial charge in [0.25, 0.3) is 0 Å². The van der Waals surface area contributed by atoms with Crippen LogP contribution in [0.1, 0.15) is 39.1 Å². The van der Waals surface area contributed by atoms with E-state index in [1.165, 1.54) is 0 Å². The molecule has 20 heavy (non-hydrogen) atoms. The van der Waals surface area contributed by atoms with Gasteiger partial charge in [-0.2, -0.15) is 0 Å². The van der Waals surface area contributed by atoms with Crippen LogP contribution in [-0.2, 0) is 11.3 Å². The zero-order valence-electron chi connectivity index (χ0n) is 13.4. The van der Waals surface area contributed by atoms with Crippen LogP contribution >= 0.6 is 0 Å². The summed E-state index contributed by atoms with van der Waals surface area (Å²) in [5, 5.41) is 3.40. The van der Waals surface area contributed by atoms with Crippen molar-refractivity contribution in [3.63, 3.8) is 0 Å². The fraction of sp³-hybridized carbons (Fsp3) is 0.688. The molecule has 1 N–H and O–H groups in total. The molecule has 1 aromatic rings. The van der Waals surface area contributed by atoms with Crippen LogP contribution in [0.25, 0.3) is 0 Å². The van der Waals surface area contributed by atoms with E-state index in [0.717, 1.165) is 30.2 Å². The predicted molar refractivity (Wildman–Crippen MR) is 82.1 cm³/mol. The third kappa shape index (κ3) is 6.87. The van der Waals surface area contributed by atoms with Crippen molar-refractivity contribution >= 4 is 0 Å². The monoisotopic (exact) mass is 280 g/mol. The van der Waals surface area contributed by atoms with E-state index in [0.29, 0.717) is 19.1 Å².